The molecule has 0 aliphatic heterocycles. The summed E-state index contributed by atoms with van der Waals surface area (Å²) in [5.41, 5.74) is 0. The van der Waals surface area contributed by atoms with Gasteiger partial charge in [-0.2, -0.15) is 0 Å². The Morgan fingerprint density at radius 3 is 3.15 bits per heavy atom. The quantitative estimate of drug-likeness (QED) is 0.538. The van der Waals surface area contributed by atoms with Gasteiger partial charge in [0, 0.05) is 17.7 Å². The van der Waals surface area contributed by atoms with Crippen molar-refractivity contribution < 1.29 is 4.79 Å². The van der Waals surface area contributed by atoms with Gasteiger partial charge in [-0.1, -0.05) is 28.1 Å². The monoisotopic (exact) mass is 242 g/mol. The number of rotatable bonds is 2. The Kier molecular flexibility index (Phi) is 2.87. The first kappa shape index (κ1) is 9.45. The van der Waals surface area contributed by atoms with E-state index in [1.807, 2.05) is 0 Å². The Hall–Kier alpha value is -0.110. The molecule has 3 aliphatic rings. The van der Waals surface area contributed by atoms with Crippen LogP contribution in [0, 0.1) is 17.8 Å². The Morgan fingerprint density at radius 1 is 1.54 bits per heavy atom. The van der Waals surface area contributed by atoms with Crippen LogP contribution in [-0.2, 0) is 4.79 Å². The van der Waals surface area contributed by atoms with E-state index in [0.29, 0.717) is 17.6 Å². The molecule has 0 heterocycles. The number of ketones is 1. The minimum atomic E-state index is 0.346. The second-order valence-corrected chi connectivity index (χ2v) is 4.96. The Balaban J connectivity index is 2.11. The highest BCUT2D eigenvalue weighted by molar-refractivity contribution is 9.09. The van der Waals surface area contributed by atoms with E-state index in [1.165, 1.54) is 6.42 Å². The standard InChI is InChI=1S/C11H15BrO/c12-5-4-9-6-10-3-1-2-8(9)7-11(10)13/h1-2,8-10H,3-7H2/t8-,9+,10+/m0/s1. The molecular weight excluding hydrogens is 228 g/mol. The molecule has 1 fully saturated rings. The fourth-order valence-corrected chi connectivity index (χ4v) is 3.17. The first-order chi connectivity index (χ1) is 6.31. The van der Waals surface area contributed by atoms with Crippen LogP contribution in [0.25, 0.3) is 0 Å². The van der Waals surface area contributed by atoms with E-state index in [-0.39, 0.29) is 0 Å². The van der Waals surface area contributed by atoms with Crippen molar-refractivity contribution in [3.8, 4) is 0 Å². The molecule has 72 valence electrons. The van der Waals surface area contributed by atoms with Crippen molar-refractivity contribution in [3.05, 3.63) is 12.2 Å². The third-order valence-electron chi connectivity index (χ3n) is 3.37. The highest BCUT2D eigenvalue weighted by Gasteiger charge is 2.35. The molecule has 0 amide bonds. The van der Waals surface area contributed by atoms with Crippen molar-refractivity contribution in [1.82, 2.24) is 0 Å². The third kappa shape index (κ3) is 1.88. The van der Waals surface area contributed by atoms with Gasteiger partial charge < -0.3 is 0 Å². The molecule has 3 rings (SSSR count). The fraction of sp³-hybridized carbons (Fsp3) is 0.727. The summed E-state index contributed by atoms with van der Waals surface area (Å²) < 4.78 is 0. The van der Waals surface area contributed by atoms with Crippen LogP contribution in [0.2, 0.25) is 0 Å². The number of carbonyl (C=O) groups excluding carboxylic acids is 1. The van der Waals surface area contributed by atoms with Gasteiger partial charge in [-0.3, -0.25) is 4.79 Å². The van der Waals surface area contributed by atoms with E-state index >= 15 is 0 Å². The van der Waals surface area contributed by atoms with Crippen molar-refractivity contribution in [1.29, 1.82) is 0 Å². The summed E-state index contributed by atoms with van der Waals surface area (Å²) in [6.07, 6.45) is 8.64. The lowest BCUT2D eigenvalue weighted by atomic mass is 9.74. The zero-order chi connectivity index (χ0) is 9.26. The van der Waals surface area contributed by atoms with Gasteiger partial charge in [0.1, 0.15) is 5.78 Å². The topological polar surface area (TPSA) is 17.1 Å². The van der Waals surface area contributed by atoms with E-state index in [1.54, 1.807) is 0 Å². The lowest BCUT2D eigenvalue weighted by molar-refractivity contribution is -0.126. The minimum absolute atomic E-state index is 0.346. The van der Waals surface area contributed by atoms with Crippen LogP contribution in [-0.4, -0.2) is 11.1 Å². The predicted molar refractivity (Wildman–Crippen MR) is 56.9 cm³/mol. The molecule has 3 aliphatic carbocycles. The van der Waals surface area contributed by atoms with Gasteiger partial charge in [-0.15, -0.1) is 0 Å². The van der Waals surface area contributed by atoms with Crippen LogP contribution >= 0.6 is 15.9 Å². The van der Waals surface area contributed by atoms with Gasteiger partial charge in [0.25, 0.3) is 0 Å². The summed E-state index contributed by atoms with van der Waals surface area (Å²) in [5.74, 6) is 2.14. The minimum Gasteiger partial charge on any atom is -0.299 e. The van der Waals surface area contributed by atoms with Crippen LogP contribution in [0.4, 0.5) is 0 Å². The zero-order valence-electron chi connectivity index (χ0n) is 7.71. The van der Waals surface area contributed by atoms with Crippen LogP contribution in [0.1, 0.15) is 25.7 Å². The molecule has 0 N–H and O–H groups in total. The molecule has 0 radical (unpaired) electrons. The lowest BCUT2D eigenvalue weighted by Gasteiger charge is -2.30. The Morgan fingerprint density at radius 2 is 2.38 bits per heavy atom. The normalized spacial score (nSPS) is 37.9. The molecule has 3 atom stereocenters. The molecule has 0 spiro atoms. The van der Waals surface area contributed by atoms with Crippen molar-refractivity contribution in [3.63, 3.8) is 0 Å². The molecule has 2 heteroatoms. The number of halogens is 1. The summed E-state index contributed by atoms with van der Waals surface area (Å²) in [5, 5.41) is 1.07. The van der Waals surface area contributed by atoms with Gasteiger partial charge in [-0.05, 0) is 31.1 Å². The molecule has 0 aromatic rings. The number of alkyl halides is 1. The van der Waals surface area contributed by atoms with Gasteiger partial charge in [0.15, 0.2) is 0 Å². The smallest absolute Gasteiger partial charge is 0.136 e. The maximum Gasteiger partial charge on any atom is 0.136 e. The average Bonchev–Trinajstić information content (AvgIpc) is 2.38. The fourth-order valence-electron chi connectivity index (χ4n) is 2.58. The second-order valence-electron chi connectivity index (χ2n) is 4.17. The van der Waals surface area contributed by atoms with Gasteiger partial charge in [0.2, 0.25) is 0 Å². The molecule has 0 unspecified atom stereocenters. The largest absolute Gasteiger partial charge is 0.299 e. The summed E-state index contributed by atoms with van der Waals surface area (Å²) in [6, 6.07) is 0. The summed E-state index contributed by atoms with van der Waals surface area (Å²) in [4.78, 5) is 11.6. The van der Waals surface area contributed by atoms with Gasteiger partial charge >= 0.3 is 0 Å². The van der Waals surface area contributed by atoms with Crippen LogP contribution < -0.4 is 0 Å². The SMILES string of the molecule is O=C1C[C@@H]2C=CC[C@@H]1C[C@H]2CCBr. The first-order valence-corrected chi connectivity index (χ1v) is 6.18. The number of Topliss-reactive ketones (excluding diaryl/α,β-unsaturated/α-hetero) is 1. The number of fused-ring (bicyclic) bond motifs is 3. The third-order valence-corrected chi connectivity index (χ3v) is 3.83. The van der Waals surface area contributed by atoms with Crippen molar-refractivity contribution in [2.75, 3.05) is 5.33 Å². The Labute approximate surface area is 87.7 Å². The number of carbonyl (C=O) groups is 1. The van der Waals surface area contributed by atoms with Crippen molar-refractivity contribution in [2.24, 2.45) is 17.8 Å². The summed E-state index contributed by atoms with van der Waals surface area (Å²) in [6.45, 7) is 0. The number of hydrogen-bond donors (Lipinski definition) is 0. The highest BCUT2D eigenvalue weighted by Crippen LogP contribution is 2.39. The van der Waals surface area contributed by atoms with Gasteiger partial charge in [0.05, 0.1) is 0 Å². The molecule has 0 saturated heterocycles. The second kappa shape index (κ2) is 3.95. The molecule has 1 saturated carbocycles. The Bertz CT molecular complexity index is 234. The lowest BCUT2D eigenvalue weighted by Crippen LogP contribution is -2.29. The van der Waals surface area contributed by atoms with Crippen LogP contribution in [0.3, 0.4) is 0 Å². The number of allylic oxidation sites excluding steroid dienone is 2. The van der Waals surface area contributed by atoms with Gasteiger partial charge in [-0.25, -0.2) is 0 Å². The van der Waals surface area contributed by atoms with Crippen molar-refractivity contribution >= 4 is 21.7 Å². The summed E-state index contributed by atoms with van der Waals surface area (Å²) >= 11 is 3.49. The molecule has 2 bridgehead atoms. The number of hydrogen-bond acceptors (Lipinski definition) is 1. The van der Waals surface area contributed by atoms with Crippen molar-refractivity contribution in [2.45, 2.75) is 25.7 Å². The zero-order valence-corrected chi connectivity index (χ0v) is 9.29. The molecular formula is C11H15BrO. The van der Waals surface area contributed by atoms with Crippen LogP contribution in [0.5, 0.6) is 0 Å². The van der Waals surface area contributed by atoms with E-state index in [4.69, 9.17) is 0 Å². The van der Waals surface area contributed by atoms with Crippen LogP contribution in [0.15, 0.2) is 12.2 Å². The maximum absolute atomic E-state index is 11.6. The molecule has 1 nitrogen and oxygen atoms in total. The average molecular weight is 243 g/mol. The molecule has 13 heavy (non-hydrogen) atoms. The summed E-state index contributed by atoms with van der Waals surface area (Å²) in [7, 11) is 0. The van der Waals surface area contributed by atoms with E-state index in [9.17, 15) is 4.79 Å². The van der Waals surface area contributed by atoms with E-state index < -0.39 is 0 Å². The predicted octanol–water partition coefficient (Wildman–Crippen LogP) is 2.94. The highest BCUT2D eigenvalue weighted by atomic mass is 79.9. The van der Waals surface area contributed by atoms with E-state index in [0.717, 1.165) is 30.5 Å². The maximum atomic E-state index is 11.6. The molecule has 0 aromatic carbocycles. The molecule has 0 aromatic heterocycles. The first-order valence-electron chi connectivity index (χ1n) is 5.06. The van der Waals surface area contributed by atoms with E-state index in [2.05, 4.69) is 28.1 Å².